The van der Waals surface area contributed by atoms with Gasteiger partial charge in [0.25, 0.3) is 0 Å². The van der Waals surface area contributed by atoms with Gasteiger partial charge in [0.2, 0.25) is 0 Å². The van der Waals surface area contributed by atoms with Crippen LogP contribution in [0.25, 0.3) is 0 Å². The normalized spacial score (nSPS) is 11.7. The molecule has 0 aliphatic carbocycles. The molecule has 1 aromatic rings. The maximum absolute atomic E-state index is 13.1. The Morgan fingerprint density at radius 3 is 2.64 bits per heavy atom. The van der Waals surface area contributed by atoms with Crippen molar-refractivity contribution in [2.75, 3.05) is 13.8 Å². The van der Waals surface area contributed by atoms with Crippen molar-refractivity contribution in [3.05, 3.63) is 29.6 Å². The fraction of sp³-hybridized carbons (Fsp3) is 0.333. The molecule has 2 nitrogen and oxygen atoms in total. The summed E-state index contributed by atoms with van der Waals surface area (Å²) < 4.78 is 30.2. The molecule has 5 heteroatoms. The number of alkyl halides is 1. The van der Waals surface area contributed by atoms with E-state index in [-0.39, 0.29) is 23.7 Å². The Morgan fingerprint density at radius 1 is 1.50 bits per heavy atom. The van der Waals surface area contributed by atoms with Crippen LogP contribution in [0.1, 0.15) is 11.6 Å². The number of halogens is 3. The maximum Gasteiger partial charge on any atom is 0.131 e. The standard InChI is InChI=1S/C9H11F2NO.ClH/c1-13-8-4-2-3-6(11)9(8)7(12)5-10;/h2-4,7H,5,12H2,1H3;1H/t7-;/m0./s1. The third-order valence-corrected chi connectivity index (χ3v) is 1.77. The van der Waals surface area contributed by atoms with E-state index >= 15 is 0 Å². The fourth-order valence-corrected chi connectivity index (χ4v) is 1.13. The highest BCUT2D eigenvalue weighted by Gasteiger charge is 2.16. The molecule has 0 radical (unpaired) electrons. The molecule has 14 heavy (non-hydrogen) atoms. The van der Waals surface area contributed by atoms with Crippen LogP contribution in [0, 0.1) is 5.82 Å². The van der Waals surface area contributed by atoms with Gasteiger partial charge in [0.05, 0.1) is 13.2 Å². The predicted molar refractivity (Wildman–Crippen MR) is 53.1 cm³/mol. The van der Waals surface area contributed by atoms with Crippen molar-refractivity contribution < 1.29 is 13.5 Å². The van der Waals surface area contributed by atoms with Gasteiger partial charge in [0.1, 0.15) is 18.2 Å². The van der Waals surface area contributed by atoms with E-state index in [0.29, 0.717) is 0 Å². The number of hydrogen-bond acceptors (Lipinski definition) is 2. The lowest BCUT2D eigenvalue weighted by Crippen LogP contribution is -2.15. The average Bonchev–Trinajstić information content (AvgIpc) is 2.16. The van der Waals surface area contributed by atoms with E-state index in [1.165, 1.54) is 19.2 Å². The number of ether oxygens (including phenoxy) is 1. The molecule has 80 valence electrons. The molecule has 0 amide bonds. The van der Waals surface area contributed by atoms with Crippen molar-refractivity contribution >= 4 is 12.4 Å². The monoisotopic (exact) mass is 223 g/mol. The van der Waals surface area contributed by atoms with Gasteiger partial charge in [-0.3, -0.25) is 0 Å². The van der Waals surface area contributed by atoms with Crippen molar-refractivity contribution in [1.29, 1.82) is 0 Å². The van der Waals surface area contributed by atoms with E-state index in [1.54, 1.807) is 6.07 Å². The molecule has 0 saturated heterocycles. The summed E-state index contributed by atoms with van der Waals surface area (Å²) >= 11 is 0. The Labute approximate surface area is 87.5 Å². The van der Waals surface area contributed by atoms with E-state index in [0.717, 1.165) is 0 Å². The van der Waals surface area contributed by atoms with Gasteiger partial charge >= 0.3 is 0 Å². The van der Waals surface area contributed by atoms with Crippen LogP contribution in [0.3, 0.4) is 0 Å². The second-order valence-electron chi connectivity index (χ2n) is 2.62. The Morgan fingerprint density at radius 2 is 2.14 bits per heavy atom. The summed E-state index contributed by atoms with van der Waals surface area (Å²) in [4.78, 5) is 0. The summed E-state index contributed by atoms with van der Waals surface area (Å²) in [6.45, 7) is -0.808. The minimum Gasteiger partial charge on any atom is -0.496 e. The maximum atomic E-state index is 13.1. The van der Waals surface area contributed by atoms with E-state index < -0.39 is 18.5 Å². The molecule has 1 atom stereocenters. The zero-order chi connectivity index (χ0) is 9.84. The zero-order valence-electron chi connectivity index (χ0n) is 7.67. The second-order valence-corrected chi connectivity index (χ2v) is 2.62. The number of rotatable bonds is 3. The molecule has 0 aliphatic heterocycles. The molecule has 0 aromatic heterocycles. The Hall–Kier alpha value is -0.870. The lowest BCUT2D eigenvalue weighted by molar-refractivity contribution is 0.379. The highest BCUT2D eigenvalue weighted by atomic mass is 35.5. The van der Waals surface area contributed by atoms with E-state index in [9.17, 15) is 8.78 Å². The molecule has 0 saturated carbocycles. The molecule has 1 aromatic carbocycles. The van der Waals surface area contributed by atoms with Gasteiger partial charge in [-0.2, -0.15) is 0 Å². The quantitative estimate of drug-likeness (QED) is 0.853. The highest BCUT2D eigenvalue weighted by molar-refractivity contribution is 5.85. The predicted octanol–water partition coefficient (Wildman–Crippen LogP) is 2.23. The van der Waals surface area contributed by atoms with Crippen molar-refractivity contribution in [1.82, 2.24) is 0 Å². The molecule has 1 rings (SSSR count). The van der Waals surface area contributed by atoms with E-state index in [4.69, 9.17) is 10.5 Å². The first-order valence-electron chi connectivity index (χ1n) is 3.84. The minimum atomic E-state index is -0.962. The first kappa shape index (κ1) is 13.1. The van der Waals surface area contributed by atoms with Gasteiger partial charge in [-0.05, 0) is 12.1 Å². The van der Waals surface area contributed by atoms with Crippen LogP contribution in [-0.4, -0.2) is 13.8 Å². The largest absolute Gasteiger partial charge is 0.496 e. The summed E-state index contributed by atoms with van der Waals surface area (Å²) in [7, 11) is 1.39. The topological polar surface area (TPSA) is 35.2 Å². The number of hydrogen-bond donors (Lipinski definition) is 1. The average molecular weight is 224 g/mol. The first-order chi connectivity index (χ1) is 6.20. The molecular weight excluding hydrogens is 212 g/mol. The lowest BCUT2D eigenvalue weighted by atomic mass is 10.1. The number of benzene rings is 1. The van der Waals surface area contributed by atoms with Crippen LogP contribution >= 0.6 is 12.4 Å². The molecule has 0 heterocycles. The van der Waals surface area contributed by atoms with Crippen LogP contribution < -0.4 is 10.5 Å². The van der Waals surface area contributed by atoms with Crippen LogP contribution in [0.15, 0.2) is 18.2 Å². The Balaban J connectivity index is 0.00000169. The van der Waals surface area contributed by atoms with E-state index in [1.807, 2.05) is 0 Å². The van der Waals surface area contributed by atoms with Crippen LogP contribution in [0.2, 0.25) is 0 Å². The molecule has 0 fully saturated rings. The first-order valence-corrected chi connectivity index (χ1v) is 3.84. The van der Waals surface area contributed by atoms with Crippen molar-refractivity contribution in [2.45, 2.75) is 6.04 Å². The Bertz CT molecular complexity index is 296. The SMILES string of the molecule is COc1cccc(F)c1[C@@H](N)CF.Cl. The number of nitrogens with two attached hydrogens (primary N) is 1. The molecule has 0 spiro atoms. The summed E-state index contributed by atoms with van der Waals surface area (Å²) in [6, 6.07) is 3.31. The lowest BCUT2D eigenvalue weighted by Gasteiger charge is -2.12. The van der Waals surface area contributed by atoms with Gasteiger partial charge in [0, 0.05) is 5.56 Å². The van der Waals surface area contributed by atoms with Gasteiger partial charge in [0.15, 0.2) is 0 Å². The van der Waals surface area contributed by atoms with E-state index in [2.05, 4.69) is 0 Å². The molecular formula is C9H12ClF2NO. The van der Waals surface area contributed by atoms with Crippen molar-refractivity contribution in [3.8, 4) is 5.75 Å². The van der Waals surface area contributed by atoms with Gasteiger partial charge in [-0.1, -0.05) is 6.07 Å². The molecule has 0 bridgehead atoms. The summed E-state index contributed by atoms with van der Waals surface area (Å²) in [5, 5.41) is 0. The van der Waals surface area contributed by atoms with Gasteiger partial charge < -0.3 is 10.5 Å². The summed E-state index contributed by atoms with van der Waals surface area (Å²) in [5.74, 6) is -0.255. The molecule has 0 unspecified atom stereocenters. The highest BCUT2D eigenvalue weighted by Crippen LogP contribution is 2.26. The van der Waals surface area contributed by atoms with Gasteiger partial charge in [-0.15, -0.1) is 12.4 Å². The van der Waals surface area contributed by atoms with Crippen LogP contribution in [-0.2, 0) is 0 Å². The summed E-state index contributed by atoms with van der Waals surface area (Å²) in [5.41, 5.74) is 5.47. The van der Waals surface area contributed by atoms with Crippen molar-refractivity contribution in [3.63, 3.8) is 0 Å². The smallest absolute Gasteiger partial charge is 0.131 e. The summed E-state index contributed by atoms with van der Waals surface area (Å²) in [6.07, 6.45) is 0. The van der Waals surface area contributed by atoms with Crippen LogP contribution in [0.4, 0.5) is 8.78 Å². The number of methoxy groups -OCH3 is 1. The van der Waals surface area contributed by atoms with Gasteiger partial charge in [-0.25, -0.2) is 8.78 Å². The molecule has 2 N–H and O–H groups in total. The van der Waals surface area contributed by atoms with Crippen molar-refractivity contribution in [2.24, 2.45) is 5.73 Å². The second kappa shape index (κ2) is 5.78. The zero-order valence-corrected chi connectivity index (χ0v) is 8.48. The molecule has 0 aliphatic rings. The fourth-order valence-electron chi connectivity index (χ4n) is 1.13. The van der Waals surface area contributed by atoms with Crippen LogP contribution in [0.5, 0.6) is 5.75 Å². The Kier molecular flexibility index (Phi) is 5.42. The third kappa shape index (κ3) is 2.56. The minimum absolute atomic E-state index is 0. The third-order valence-electron chi connectivity index (χ3n) is 1.77.